The van der Waals surface area contributed by atoms with Crippen molar-refractivity contribution in [3.8, 4) is 0 Å². The van der Waals surface area contributed by atoms with Crippen LogP contribution in [0, 0.1) is 23.7 Å². The maximum absolute atomic E-state index is 12.7. The zero-order valence-electron chi connectivity index (χ0n) is 18.7. The number of likely N-dealkylation sites (tertiary alicyclic amines) is 1. The van der Waals surface area contributed by atoms with Gasteiger partial charge in [-0.3, -0.25) is 19.5 Å². The molecule has 0 aromatic heterocycles. The minimum atomic E-state index is -0.103. The summed E-state index contributed by atoms with van der Waals surface area (Å²) in [6, 6.07) is 8.55. The Hall–Kier alpha value is -2.67. The van der Waals surface area contributed by atoms with Gasteiger partial charge in [-0.1, -0.05) is 36.4 Å². The number of guanidine groups is 1. The third-order valence-corrected chi connectivity index (χ3v) is 6.62. The van der Waals surface area contributed by atoms with Crippen LogP contribution in [0.1, 0.15) is 24.0 Å². The Morgan fingerprint density at radius 2 is 1.65 bits per heavy atom. The van der Waals surface area contributed by atoms with Crippen LogP contribution in [0.25, 0.3) is 0 Å². The molecule has 4 rings (SSSR count). The molecule has 2 N–H and O–H groups in total. The van der Waals surface area contributed by atoms with E-state index in [1.807, 2.05) is 0 Å². The first kappa shape index (κ1) is 21.6. The molecule has 4 atom stereocenters. The Balaban J connectivity index is 1.19. The number of aliphatic imine (C=N–C) groups is 1. The summed E-state index contributed by atoms with van der Waals surface area (Å²) in [7, 11) is 5.87. The first-order valence-corrected chi connectivity index (χ1v) is 11.2. The average Bonchev–Trinajstić information content (AvgIpc) is 3.43. The average molecular weight is 424 g/mol. The van der Waals surface area contributed by atoms with Crippen molar-refractivity contribution in [2.75, 3.05) is 34.2 Å². The number of fused-ring (bicyclic) bond motifs is 5. The van der Waals surface area contributed by atoms with Gasteiger partial charge in [-0.2, -0.15) is 0 Å². The van der Waals surface area contributed by atoms with E-state index in [1.54, 1.807) is 7.05 Å². The first-order chi connectivity index (χ1) is 15.0. The summed E-state index contributed by atoms with van der Waals surface area (Å²) in [4.78, 5) is 33.4. The molecule has 166 valence electrons. The topological polar surface area (TPSA) is 77.0 Å². The van der Waals surface area contributed by atoms with Gasteiger partial charge < -0.3 is 15.5 Å². The third kappa shape index (κ3) is 4.51. The quantitative estimate of drug-likeness (QED) is 0.218. The summed E-state index contributed by atoms with van der Waals surface area (Å²) < 4.78 is 0. The summed E-state index contributed by atoms with van der Waals surface area (Å²) in [5, 5.41) is 6.60. The van der Waals surface area contributed by atoms with Crippen molar-refractivity contribution in [2.24, 2.45) is 28.7 Å². The van der Waals surface area contributed by atoms with Gasteiger partial charge in [-0.15, -0.1) is 0 Å². The lowest BCUT2D eigenvalue weighted by Gasteiger charge is -2.18. The maximum Gasteiger partial charge on any atom is 0.233 e. The third-order valence-electron chi connectivity index (χ3n) is 6.62. The number of hydrogen-bond donors (Lipinski definition) is 2. The number of amides is 2. The summed E-state index contributed by atoms with van der Waals surface area (Å²) in [5.74, 6) is 1.13. The molecule has 3 aliphatic rings. The first-order valence-electron chi connectivity index (χ1n) is 11.2. The van der Waals surface area contributed by atoms with E-state index < -0.39 is 0 Å². The molecular formula is C24H33N5O2. The molecule has 2 bridgehead atoms. The molecule has 1 saturated carbocycles. The van der Waals surface area contributed by atoms with Gasteiger partial charge in [-0.05, 0) is 49.9 Å². The van der Waals surface area contributed by atoms with Gasteiger partial charge >= 0.3 is 0 Å². The van der Waals surface area contributed by atoms with Crippen LogP contribution < -0.4 is 10.6 Å². The molecule has 2 amide bonds. The molecule has 7 heteroatoms. The number of benzene rings is 1. The lowest BCUT2D eigenvalue weighted by atomic mass is 9.85. The van der Waals surface area contributed by atoms with E-state index in [9.17, 15) is 9.59 Å². The van der Waals surface area contributed by atoms with Crippen LogP contribution in [0.3, 0.4) is 0 Å². The monoisotopic (exact) mass is 423 g/mol. The molecule has 7 nitrogen and oxygen atoms in total. The number of imide groups is 1. The van der Waals surface area contributed by atoms with Gasteiger partial charge in [0.2, 0.25) is 11.8 Å². The summed E-state index contributed by atoms with van der Waals surface area (Å²) in [6.45, 7) is 2.74. The molecule has 1 aliphatic heterocycles. The molecule has 1 aromatic carbocycles. The number of allylic oxidation sites excluding steroid dienone is 2. The lowest BCUT2D eigenvalue weighted by Crippen LogP contribution is -2.39. The fourth-order valence-corrected chi connectivity index (χ4v) is 5.16. The van der Waals surface area contributed by atoms with Crippen LogP contribution in [0.15, 0.2) is 41.4 Å². The van der Waals surface area contributed by atoms with E-state index in [-0.39, 0.29) is 35.5 Å². The largest absolute Gasteiger partial charge is 0.356 e. The van der Waals surface area contributed by atoms with Gasteiger partial charge in [0.25, 0.3) is 0 Å². The van der Waals surface area contributed by atoms with Crippen LogP contribution in [-0.4, -0.2) is 61.8 Å². The van der Waals surface area contributed by atoms with Crippen molar-refractivity contribution >= 4 is 17.8 Å². The van der Waals surface area contributed by atoms with Crippen LogP contribution in [0.4, 0.5) is 0 Å². The smallest absolute Gasteiger partial charge is 0.233 e. The van der Waals surface area contributed by atoms with Crippen molar-refractivity contribution in [3.05, 3.63) is 47.5 Å². The molecule has 1 heterocycles. The zero-order chi connectivity index (χ0) is 22.0. The Labute approximate surface area is 184 Å². The van der Waals surface area contributed by atoms with E-state index in [1.165, 1.54) is 16.0 Å². The van der Waals surface area contributed by atoms with Gasteiger partial charge in [0.05, 0.1) is 11.8 Å². The molecule has 2 aliphatic carbocycles. The van der Waals surface area contributed by atoms with Crippen LogP contribution >= 0.6 is 0 Å². The summed E-state index contributed by atoms with van der Waals surface area (Å²) in [5.41, 5.74) is 2.48. The van der Waals surface area contributed by atoms with Crippen LogP contribution in [-0.2, 0) is 22.7 Å². The maximum atomic E-state index is 12.7. The van der Waals surface area contributed by atoms with E-state index in [2.05, 4.69) is 71.0 Å². The molecule has 31 heavy (non-hydrogen) atoms. The van der Waals surface area contributed by atoms with Crippen molar-refractivity contribution in [3.63, 3.8) is 0 Å². The molecule has 1 aromatic rings. The van der Waals surface area contributed by atoms with Gasteiger partial charge in [0.15, 0.2) is 5.96 Å². The number of carbonyl (C=O) groups excluding carboxylic acids is 2. The normalized spacial score (nSPS) is 26.8. The van der Waals surface area contributed by atoms with Crippen molar-refractivity contribution in [1.29, 1.82) is 0 Å². The fraction of sp³-hybridized carbons (Fsp3) is 0.542. The van der Waals surface area contributed by atoms with Gasteiger partial charge in [0, 0.05) is 33.2 Å². The second-order valence-electron chi connectivity index (χ2n) is 9.09. The summed E-state index contributed by atoms with van der Waals surface area (Å²) >= 11 is 0. The minimum Gasteiger partial charge on any atom is -0.356 e. The Bertz CT molecular complexity index is 846. The number of nitrogens with zero attached hydrogens (tertiary/aromatic N) is 3. The lowest BCUT2D eigenvalue weighted by molar-refractivity contribution is -0.140. The molecule has 1 saturated heterocycles. The van der Waals surface area contributed by atoms with Crippen LogP contribution in [0.2, 0.25) is 0 Å². The van der Waals surface area contributed by atoms with Crippen molar-refractivity contribution < 1.29 is 9.59 Å². The van der Waals surface area contributed by atoms with E-state index in [4.69, 9.17) is 0 Å². The molecular weight excluding hydrogens is 390 g/mol. The molecule has 0 spiro atoms. The van der Waals surface area contributed by atoms with E-state index in [0.29, 0.717) is 26.1 Å². The fourth-order valence-electron chi connectivity index (χ4n) is 5.16. The SMILES string of the molecule is CN=C(NCCCN1C(=O)C2C3C=CC(C3)C2C1=O)NCc1ccc(CN(C)C)cc1. The predicted octanol–water partition coefficient (Wildman–Crippen LogP) is 1.61. The number of carbonyl (C=O) groups is 2. The summed E-state index contributed by atoms with van der Waals surface area (Å²) in [6.07, 6.45) is 5.95. The molecule has 0 radical (unpaired) electrons. The molecule has 4 unspecified atom stereocenters. The van der Waals surface area contributed by atoms with E-state index in [0.717, 1.165) is 18.9 Å². The van der Waals surface area contributed by atoms with Crippen LogP contribution in [0.5, 0.6) is 0 Å². The second-order valence-corrected chi connectivity index (χ2v) is 9.09. The predicted molar refractivity (Wildman–Crippen MR) is 121 cm³/mol. The number of hydrogen-bond acceptors (Lipinski definition) is 4. The Morgan fingerprint density at radius 1 is 1.03 bits per heavy atom. The highest BCUT2D eigenvalue weighted by atomic mass is 16.2. The highest BCUT2D eigenvalue weighted by Gasteiger charge is 2.58. The number of nitrogens with one attached hydrogen (secondary N) is 2. The van der Waals surface area contributed by atoms with Gasteiger partial charge in [-0.25, -0.2) is 0 Å². The van der Waals surface area contributed by atoms with E-state index >= 15 is 0 Å². The second kappa shape index (κ2) is 9.22. The highest BCUT2D eigenvalue weighted by molar-refractivity contribution is 6.06. The Kier molecular flexibility index (Phi) is 6.41. The molecule has 2 fully saturated rings. The highest BCUT2D eigenvalue weighted by Crippen LogP contribution is 2.52. The number of rotatable bonds is 8. The van der Waals surface area contributed by atoms with Crippen molar-refractivity contribution in [1.82, 2.24) is 20.4 Å². The standard InChI is InChI=1S/C24H33N5O2/c1-25-24(27-14-16-5-7-17(8-6-16)15-28(2)3)26-11-4-12-29-22(30)20-18-9-10-19(13-18)21(20)23(29)31/h5-10,18-21H,4,11-15H2,1-3H3,(H2,25,26,27). The zero-order valence-corrected chi connectivity index (χ0v) is 18.7. The van der Waals surface area contributed by atoms with Crippen molar-refractivity contribution in [2.45, 2.75) is 25.9 Å². The Morgan fingerprint density at radius 3 is 2.23 bits per heavy atom. The van der Waals surface area contributed by atoms with Gasteiger partial charge in [0.1, 0.15) is 0 Å². The minimum absolute atomic E-state index is 0.0343.